The van der Waals surface area contributed by atoms with E-state index in [0.29, 0.717) is 16.7 Å². The average Bonchev–Trinajstić information content (AvgIpc) is 2.72. The van der Waals surface area contributed by atoms with Gasteiger partial charge in [0.1, 0.15) is 28.3 Å². The number of ether oxygens (including phenoxy) is 3. The molecule has 0 atom stereocenters. The van der Waals surface area contributed by atoms with E-state index < -0.39 is 34.9 Å². The third kappa shape index (κ3) is 5.59. The van der Waals surface area contributed by atoms with E-state index in [0.717, 1.165) is 18.2 Å². The van der Waals surface area contributed by atoms with Gasteiger partial charge < -0.3 is 18.6 Å². The van der Waals surface area contributed by atoms with Crippen molar-refractivity contribution < 1.29 is 36.6 Å². The van der Waals surface area contributed by atoms with Crippen LogP contribution in [0, 0.1) is 0 Å². The fraction of sp³-hybridized carbons (Fsp3) is 0.280. The molecule has 0 saturated heterocycles. The molecule has 34 heavy (non-hydrogen) atoms. The first kappa shape index (κ1) is 24.9. The Hall–Kier alpha value is -3.75. The summed E-state index contributed by atoms with van der Waals surface area (Å²) in [6, 6.07) is 11.4. The van der Waals surface area contributed by atoms with Gasteiger partial charge >= 0.3 is 18.0 Å². The number of alkyl halides is 3. The summed E-state index contributed by atoms with van der Waals surface area (Å²) in [5.74, 6) is -0.603. The van der Waals surface area contributed by atoms with Gasteiger partial charge in [0.15, 0.2) is 0 Å². The maximum atomic E-state index is 12.6. The van der Waals surface area contributed by atoms with Crippen molar-refractivity contribution in [1.82, 2.24) is 0 Å². The van der Waals surface area contributed by atoms with Gasteiger partial charge in [-0.3, -0.25) is 0 Å². The van der Waals surface area contributed by atoms with Crippen molar-refractivity contribution in [3.05, 3.63) is 71.6 Å². The molecule has 3 rings (SSSR count). The second kappa shape index (κ2) is 8.89. The van der Waals surface area contributed by atoms with Crippen LogP contribution >= 0.6 is 0 Å². The van der Waals surface area contributed by atoms with E-state index in [1.54, 1.807) is 45.9 Å². The predicted molar refractivity (Wildman–Crippen MR) is 120 cm³/mol. The molecule has 3 aromatic rings. The SMILES string of the molecule is C=CC(=O)OC(C)(C)C(C)(C)Oc1ccc2cc(-c3ccc(OC(F)(F)F)cc3)c(=O)oc2c1. The summed E-state index contributed by atoms with van der Waals surface area (Å²) in [7, 11) is 0. The Morgan fingerprint density at radius 3 is 2.12 bits per heavy atom. The van der Waals surface area contributed by atoms with E-state index in [1.807, 2.05) is 0 Å². The molecule has 0 radical (unpaired) electrons. The molecule has 0 N–H and O–H groups in total. The highest BCUT2D eigenvalue weighted by Gasteiger charge is 2.42. The Morgan fingerprint density at radius 1 is 0.912 bits per heavy atom. The highest BCUT2D eigenvalue weighted by Crippen LogP contribution is 2.33. The minimum absolute atomic E-state index is 0.178. The molecule has 0 aliphatic heterocycles. The molecule has 6 nitrogen and oxygen atoms in total. The Labute approximate surface area is 193 Å². The van der Waals surface area contributed by atoms with Gasteiger partial charge in [0.2, 0.25) is 0 Å². The molecule has 0 unspecified atom stereocenters. The van der Waals surface area contributed by atoms with Gasteiger partial charge in [-0.1, -0.05) is 18.7 Å². The third-order valence-electron chi connectivity index (χ3n) is 5.45. The zero-order valence-electron chi connectivity index (χ0n) is 19.0. The van der Waals surface area contributed by atoms with Crippen molar-refractivity contribution in [3.8, 4) is 22.6 Å². The number of carbonyl (C=O) groups excluding carboxylic acids is 1. The van der Waals surface area contributed by atoms with Crippen molar-refractivity contribution in [2.45, 2.75) is 45.3 Å². The van der Waals surface area contributed by atoms with Crippen molar-refractivity contribution in [1.29, 1.82) is 0 Å². The summed E-state index contributed by atoms with van der Waals surface area (Å²) in [4.78, 5) is 24.2. The number of hydrogen-bond donors (Lipinski definition) is 0. The van der Waals surface area contributed by atoms with Crippen molar-refractivity contribution >= 4 is 16.9 Å². The molecule has 0 saturated carbocycles. The van der Waals surface area contributed by atoms with Gasteiger partial charge in [0.05, 0.1) is 5.56 Å². The topological polar surface area (TPSA) is 75.0 Å². The molecule has 1 heterocycles. The fourth-order valence-electron chi connectivity index (χ4n) is 3.03. The van der Waals surface area contributed by atoms with E-state index in [4.69, 9.17) is 13.9 Å². The quantitative estimate of drug-likeness (QED) is 0.236. The number of fused-ring (bicyclic) bond motifs is 1. The van der Waals surface area contributed by atoms with Crippen molar-refractivity contribution in [3.63, 3.8) is 0 Å². The van der Waals surface area contributed by atoms with Crippen LogP contribution < -0.4 is 15.1 Å². The maximum Gasteiger partial charge on any atom is 0.573 e. The summed E-state index contributed by atoms with van der Waals surface area (Å²) in [5.41, 5.74) is -1.84. The summed E-state index contributed by atoms with van der Waals surface area (Å²) in [5, 5.41) is 0.577. The van der Waals surface area contributed by atoms with Gasteiger partial charge in [0.25, 0.3) is 0 Å². The molecule has 0 fully saturated rings. The number of esters is 1. The second-order valence-electron chi connectivity index (χ2n) is 8.47. The Balaban J connectivity index is 1.88. The normalized spacial score (nSPS) is 12.3. The lowest BCUT2D eigenvalue weighted by atomic mass is 9.89. The van der Waals surface area contributed by atoms with E-state index in [2.05, 4.69) is 11.3 Å². The number of rotatable bonds is 7. The van der Waals surface area contributed by atoms with Crippen LogP contribution in [0.3, 0.4) is 0 Å². The fourth-order valence-corrected chi connectivity index (χ4v) is 3.03. The maximum absolute atomic E-state index is 12.6. The highest BCUT2D eigenvalue weighted by molar-refractivity contribution is 5.83. The Kier molecular flexibility index (Phi) is 6.50. The molecular formula is C25H23F3O6. The second-order valence-corrected chi connectivity index (χ2v) is 8.47. The van der Waals surface area contributed by atoms with Gasteiger partial charge in [-0.05, 0) is 63.6 Å². The molecule has 0 amide bonds. The Bertz CT molecular complexity index is 1270. The standard InChI is InChI=1S/C25H23F3O6/c1-6-21(29)34-24(4,5)23(2,3)32-18-12-9-16-13-19(22(30)31-20(16)14-18)15-7-10-17(11-8-15)33-25(26,27)28/h6-14H,1H2,2-5H3. The van der Waals surface area contributed by atoms with E-state index in [9.17, 15) is 22.8 Å². The molecule has 2 aromatic carbocycles. The molecule has 0 bridgehead atoms. The third-order valence-corrected chi connectivity index (χ3v) is 5.45. The van der Waals surface area contributed by atoms with Gasteiger partial charge in [-0.25, -0.2) is 9.59 Å². The zero-order valence-corrected chi connectivity index (χ0v) is 19.0. The summed E-state index contributed by atoms with van der Waals surface area (Å²) in [6.45, 7) is 10.3. The van der Waals surface area contributed by atoms with Gasteiger partial charge in [0, 0.05) is 17.5 Å². The van der Waals surface area contributed by atoms with Crippen molar-refractivity contribution in [2.75, 3.05) is 0 Å². The molecule has 0 spiro atoms. The van der Waals surface area contributed by atoms with Crippen LogP contribution in [-0.2, 0) is 9.53 Å². The van der Waals surface area contributed by atoms with Gasteiger partial charge in [-0.2, -0.15) is 0 Å². The molecule has 1 aromatic heterocycles. The van der Waals surface area contributed by atoms with Crippen LogP contribution in [0.1, 0.15) is 27.7 Å². The minimum atomic E-state index is -4.81. The minimum Gasteiger partial charge on any atom is -0.484 e. The Morgan fingerprint density at radius 2 is 1.53 bits per heavy atom. The predicted octanol–water partition coefficient (Wildman–Crippen LogP) is 6.02. The molecule has 0 aliphatic carbocycles. The van der Waals surface area contributed by atoms with E-state index in [1.165, 1.54) is 18.2 Å². The summed E-state index contributed by atoms with van der Waals surface area (Å²) in [6.07, 6.45) is -3.74. The van der Waals surface area contributed by atoms with Crippen LogP contribution in [0.4, 0.5) is 13.2 Å². The van der Waals surface area contributed by atoms with Crippen LogP contribution in [0.15, 0.2) is 70.4 Å². The summed E-state index contributed by atoms with van der Waals surface area (Å²) >= 11 is 0. The average molecular weight is 476 g/mol. The van der Waals surface area contributed by atoms with E-state index in [-0.39, 0.29) is 11.1 Å². The summed E-state index contributed by atoms with van der Waals surface area (Å²) < 4.78 is 57.8. The lowest BCUT2D eigenvalue weighted by Crippen LogP contribution is -2.52. The first-order valence-corrected chi connectivity index (χ1v) is 10.2. The number of benzene rings is 2. The van der Waals surface area contributed by atoms with E-state index >= 15 is 0 Å². The molecule has 180 valence electrons. The highest BCUT2D eigenvalue weighted by atomic mass is 19.4. The van der Waals surface area contributed by atoms with Crippen LogP contribution in [0.2, 0.25) is 0 Å². The monoisotopic (exact) mass is 476 g/mol. The lowest BCUT2D eigenvalue weighted by Gasteiger charge is -2.40. The van der Waals surface area contributed by atoms with Gasteiger partial charge in [-0.15, -0.1) is 13.2 Å². The zero-order chi connectivity index (χ0) is 25.3. The number of carbonyl (C=O) groups is 1. The van der Waals surface area contributed by atoms with Crippen LogP contribution in [0.5, 0.6) is 11.5 Å². The van der Waals surface area contributed by atoms with Crippen molar-refractivity contribution in [2.24, 2.45) is 0 Å². The van der Waals surface area contributed by atoms with Crippen LogP contribution in [0.25, 0.3) is 22.1 Å². The first-order valence-electron chi connectivity index (χ1n) is 10.2. The first-order chi connectivity index (χ1) is 15.7. The lowest BCUT2D eigenvalue weighted by molar-refractivity contribution is -0.274. The number of hydrogen-bond acceptors (Lipinski definition) is 6. The number of halogens is 3. The molecular weight excluding hydrogens is 453 g/mol. The van der Waals surface area contributed by atoms with Crippen LogP contribution in [-0.4, -0.2) is 23.5 Å². The molecule has 9 heteroatoms. The molecule has 0 aliphatic rings. The largest absolute Gasteiger partial charge is 0.573 e. The smallest absolute Gasteiger partial charge is 0.484 e.